The molecule has 4 aromatic carbocycles. The Morgan fingerprint density at radius 3 is 1.10 bits per heavy atom. The summed E-state index contributed by atoms with van der Waals surface area (Å²) >= 11 is 4.89. The first kappa shape index (κ1) is 48.4. The fourth-order valence-electron chi connectivity index (χ4n) is 15.9. The number of nitrogens with one attached hydrogen (secondary N) is 2. The SMILES string of the molecule is CCCOc1c2cc(I)cc1Cc1cc(C(=O)NC34CC5CC(CC(C5)C3)C4)cc3c1OCCOCCOc1c(cc(C(=O)NC45CC6CC(CC(C6)C4)C5)cc1Cc1cc(I)cc(c1OCCC)C3)C2. The molecule has 8 fully saturated rings. The van der Waals surface area contributed by atoms with Crippen LogP contribution in [0.4, 0.5) is 0 Å². The van der Waals surface area contributed by atoms with Crippen molar-refractivity contribution in [2.24, 2.45) is 35.5 Å². The van der Waals surface area contributed by atoms with Crippen LogP contribution in [-0.4, -0.2) is 62.5 Å². The predicted octanol–water partition coefficient (Wildman–Crippen LogP) is 12.3. The van der Waals surface area contributed by atoms with Crippen molar-refractivity contribution in [3.63, 3.8) is 0 Å². The molecule has 11 aliphatic rings. The standard InChI is InChI=1S/C60H70I2N2O7/c1-3-5-68-55-45-17-41-21-49(57(65)63-59-29-35-11-36(30-59)13-37(12-35)31-59)23-43-19-47-27-52(62)28-48(56(47)69-6-4-2)20-44-24-50(58(66)64-60-32-38-14-39(33-60)16-40(15-38)34-60)22-42(18-46(55)26-51(61)25-45)54(44)71-10-8-67-7-9-70-53(41)43/h21-28,35-40H,3-20,29-34H2,1-2H3,(H,63,65)(H,64,66). The molecule has 4 aromatic rings. The van der Waals surface area contributed by atoms with Gasteiger partial charge in [0, 0.05) is 55.0 Å². The Hall–Kier alpha value is -3.56. The fraction of sp³-hybridized carbons (Fsp3) is 0.567. The molecule has 0 radical (unpaired) electrons. The van der Waals surface area contributed by atoms with Crippen molar-refractivity contribution in [3.05, 3.63) is 111 Å². The highest BCUT2D eigenvalue weighted by molar-refractivity contribution is 14.1. The van der Waals surface area contributed by atoms with Crippen LogP contribution < -0.4 is 29.6 Å². The zero-order valence-electron chi connectivity index (χ0n) is 41.7. The van der Waals surface area contributed by atoms with Crippen LogP contribution in [-0.2, 0) is 30.4 Å². The largest absolute Gasteiger partial charge is 0.493 e. The normalized spacial score (nSPS) is 28.9. The van der Waals surface area contributed by atoms with E-state index in [4.69, 9.17) is 23.7 Å². The zero-order valence-corrected chi connectivity index (χ0v) is 46.0. The topological polar surface area (TPSA) is 104 Å². The van der Waals surface area contributed by atoms with Crippen LogP contribution in [0.25, 0.3) is 0 Å². The molecule has 2 aliphatic heterocycles. The van der Waals surface area contributed by atoms with Crippen molar-refractivity contribution in [2.75, 3.05) is 39.6 Å². The highest BCUT2D eigenvalue weighted by atomic mass is 127. The van der Waals surface area contributed by atoms with Gasteiger partial charge in [0.1, 0.15) is 36.2 Å². The van der Waals surface area contributed by atoms with Gasteiger partial charge in [0.2, 0.25) is 0 Å². The summed E-state index contributed by atoms with van der Waals surface area (Å²) in [5.41, 5.74) is 9.00. The molecular weight excluding hydrogens is 1110 g/mol. The van der Waals surface area contributed by atoms with Gasteiger partial charge in [-0.15, -0.1) is 0 Å². The summed E-state index contributed by atoms with van der Waals surface area (Å²) in [6.45, 7) is 6.80. The average molecular weight is 1190 g/mol. The number of halogens is 2. The summed E-state index contributed by atoms with van der Waals surface area (Å²) in [5.74, 6) is 7.53. The molecule has 0 saturated heterocycles. The van der Waals surface area contributed by atoms with Gasteiger partial charge < -0.3 is 34.3 Å². The molecule has 0 unspecified atom stereocenters. The third kappa shape index (κ3) is 9.96. The monoisotopic (exact) mass is 1180 g/mol. The minimum atomic E-state index is -0.136. The molecule has 2 amide bonds. The summed E-state index contributed by atoms with van der Waals surface area (Å²) in [6, 6.07) is 17.3. The summed E-state index contributed by atoms with van der Waals surface area (Å²) in [4.78, 5) is 30.1. The second-order valence-corrected chi connectivity index (χ2v) is 25.9. The van der Waals surface area contributed by atoms with Crippen LogP contribution in [0, 0.1) is 42.6 Å². The van der Waals surface area contributed by atoms with Crippen LogP contribution in [0.2, 0.25) is 0 Å². The van der Waals surface area contributed by atoms with E-state index >= 15 is 9.59 Å². The Morgan fingerprint density at radius 1 is 0.493 bits per heavy atom. The van der Waals surface area contributed by atoms with Gasteiger partial charge >= 0.3 is 0 Å². The van der Waals surface area contributed by atoms with E-state index < -0.39 is 0 Å². The maximum Gasteiger partial charge on any atom is 0.251 e. The number of ether oxygens (including phenoxy) is 5. The van der Waals surface area contributed by atoms with Crippen LogP contribution in [0.3, 0.4) is 0 Å². The Kier molecular flexibility index (Phi) is 13.6. The lowest BCUT2D eigenvalue weighted by Gasteiger charge is -2.56. The average Bonchev–Trinajstić information content (AvgIpc) is 3.30. The van der Waals surface area contributed by atoms with E-state index in [1.54, 1.807) is 0 Å². The molecule has 0 atom stereocenters. The minimum absolute atomic E-state index is 0.00602. The molecule has 71 heavy (non-hydrogen) atoms. The van der Waals surface area contributed by atoms with E-state index in [9.17, 15) is 0 Å². The third-order valence-corrected chi connectivity index (χ3v) is 18.9. The maximum atomic E-state index is 15.0. The van der Waals surface area contributed by atoms with E-state index in [-0.39, 0.29) is 22.9 Å². The number of hydrogen-bond acceptors (Lipinski definition) is 7. The molecule has 9 aliphatic carbocycles. The molecule has 2 N–H and O–H groups in total. The number of hydrogen-bond donors (Lipinski definition) is 2. The van der Waals surface area contributed by atoms with Crippen molar-refractivity contribution < 1.29 is 33.3 Å². The smallest absolute Gasteiger partial charge is 0.251 e. The second-order valence-electron chi connectivity index (χ2n) is 23.4. The number of amides is 2. The van der Waals surface area contributed by atoms with Gasteiger partial charge in [-0.3, -0.25) is 9.59 Å². The van der Waals surface area contributed by atoms with E-state index in [2.05, 4.69) is 118 Å². The van der Waals surface area contributed by atoms with Crippen molar-refractivity contribution in [1.82, 2.24) is 10.6 Å². The van der Waals surface area contributed by atoms with E-state index in [0.29, 0.717) is 112 Å². The summed E-state index contributed by atoms with van der Waals surface area (Å²) < 4.78 is 36.1. The second kappa shape index (κ2) is 19.9. The highest BCUT2D eigenvalue weighted by Gasteiger charge is 2.53. The van der Waals surface area contributed by atoms with Gasteiger partial charge in [0.15, 0.2) is 0 Å². The summed E-state index contributed by atoms with van der Waals surface area (Å²) in [6.07, 6.45) is 18.1. The third-order valence-electron chi connectivity index (χ3n) is 17.6. The first-order valence-electron chi connectivity index (χ1n) is 27.2. The molecule has 11 heteroatoms. The van der Waals surface area contributed by atoms with Crippen LogP contribution in [0.1, 0.15) is 169 Å². The van der Waals surface area contributed by atoms with Crippen LogP contribution in [0.5, 0.6) is 23.0 Å². The quantitative estimate of drug-likeness (QED) is 0.106. The molecule has 2 heterocycles. The number of benzene rings is 4. The predicted molar refractivity (Wildman–Crippen MR) is 293 cm³/mol. The molecule has 9 nitrogen and oxygen atoms in total. The molecule has 15 rings (SSSR count). The zero-order chi connectivity index (χ0) is 48.4. The first-order valence-corrected chi connectivity index (χ1v) is 29.3. The van der Waals surface area contributed by atoms with Crippen molar-refractivity contribution >= 4 is 57.0 Å². The Balaban J connectivity index is 1.03. The lowest BCUT2D eigenvalue weighted by Crippen LogP contribution is -2.59. The molecule has 8 saturated carbocycles. The fourth-order valence-corrected chi connectivity index (χ4v) is 17.4. The highest BCUT2D eigenvalue weighted by Crippen LogP contribution is 2.57. The van der Waals surface area contributed by atoms with Gasteiger partial charge in [0.05, 0.1) is 26.4 Å². The molecular formula is C60H70I2N2O7. The molecule has 0 aromatic heterocycles. The van der Waals surface area contributed by atoms with Gasteiger partial charge in [-0.2, -0.15) is 0 Å². The molecule has 18 bridgehead atoms. The van der Waals surface area contributed by atoms with Crippen LogP contribution in [0.15, 0.2) is 48.5 Å². The van der Waals surface area contributed by atoms with Crippen LogP contribution >= 0.6 is 45.2 Å². The lowest BCUT2D eigenvalue weighted by molar-refractivity contribution is -0.0171. The lowest BCUT2D eigenvalue weighted by atomic mass is 9.53. The van der Waals surface area contributed by atoms with Gasteiger partial charge in [0.25, 0.3) is 11.8 Å². The molecule has 0 spiro atoms. The summed E-state index contributed by atoms with van der Waals surface area (Å²) in [5, 5.41) is 7.45. The Bertz CT molecular complexity index is 2380. The summed E-state index contributed by atoms with van der Waals surface area (Å²) in [7, 11) is 0. The molecule has 376 valence electrons. The number of carbonyl (C=O) groups excluding carboxylic acids is 2. The Morgan fingerprint density at radius 2 is 0.803 bits per heavy atom. The van der Waals surface area contributed by atoms with Gasteiger partial charge in [-0.1, -0.05) is 13.8 Å². The number of rotatable bonds is 10. The van der Waals surface area contributed by atoms with Crippen molar-refractivity contribution in [3.8, 4) is 23.0 Å². The maximum absolute atomic E-state index is 15.0. The van der Waals surface area contributed by atoms with E-state index in [0.717, 1.165) is 126 Å². The number of carbonyl (C=O) groups is 2. The van der Waals surface area contributed by atoms with E-state index in [1.807, 2.05) is 0 Å². The first-order chi connectivity index (χ1) is 34.5. The van der Waals surface area contributed by atoms with Crippen molar-refractivity contribution in [1.29, 1.82) is 0 Å². The van der Waals surface area contributed by atoms with E-state index in [1.165, 1.54) is 38.5 Å². The minimum Gasteiger partial charge on any atom is -0.493 e. The van der Waals surface area contributed by atoms with Gasteiger partial charge in [-0.05, 0) is 264 Å². The number of fused-ring (bicyclic) bond motifs is 6. The Labute approximate surface area is 447 Å². The van der Waals surface area contributed by atoms with Gasteiger partial charge in [-0.25, -0.2) is 0 Å². The van der Waals surface area contributed by atoms with Crippen molar-refractivity contribution in [2.45, 2.75) is 141 Å².